The van der Waals surface area contributed by atoms with Crippen LogP contribution in [0.4, 0.5) is 5.82 Å². The predicted octanol–water partition coefficient (Wildman–Crippen LogP) is 3.93. The standard InChI is InChI=1S/C18H19N3OS/c22-10-9-18(7-8-18)12-19-16-13-4-1-2-5-14(13)20-17(21-16)15-6-3-11-23-15/h1-6,11,22H,7-10,12H2,(H,19,20,21). The summed E-state index contributed by atoms with van der Waals surface area (Å²) in [7, 11) is 0. The molecule has 0 spiro atoms. The zero-order valence-electron chi connectivity index (χ0n) is 12.8. The zero-order chi connectivity index (χ0) is 15.7. The maximum Gasteiger partial charge on any atom is 0.172 e. The van der Waals surface area contributed by atoms with E-state index in [0.29, 0.717) is 0 Å². The number of nitrogens with zero attached hydrogens (tertiary/aromatic N) is 2. The molecule has 2 N–H and O–H groups in total. The molecule has 0 aliphatic heterocycles. The van der Waals surface area contributed by atoms with Crippen LogP contribution >= 0.6 is 11.3 Å². The molecule has 118 valence electrons. The van der Waals surface area contributed by atoms with E-state index in [-0.39, 0.29) is 12.0 Å². The summed E-state index contributed by atoms with van der Waals surface area (Å²) in [6, 6.07) is 12.2. The van der Waals surface area contributed by atoms with Gasteiger partial charge in [-0.05, 0) is 48.3 Å². The average molecular weight is 325 g/mol. The molecule has 2 aromatic heterocycles. The summed E-state index contributed by atoms with van der Waals surface area (Å²) in [4.78, 5) is 10.5. The topological polar surface area (TPSA) is 58.0 Å². The summed E-state index contributed by atoms with van der Waals surface area (Å²) in [6.45, 7) is 1.12. The Morgan fingerprint density at radius 1 is 1.13 bits per heavy atom. The number of para-hydroxylation sites is 1. The first-order chi connectivity index (χ1) is 11.3. The van der Waals surface area contributed by atoms with Crippen molar-refractivity contribution in [1.82, 2.24) is 9.97 Å². The van der Waals surface area contributed by atoms with Gasteiger partial charge in [-0.2, -0.15) is 0 Å². The molecule has 23 heavy (non-hydrogen) atoms. The largest absolute Gasteiger partial charge is 0.396 e. The summed E-state index contributed by atoms with van der Waals surface area (Å²) in [5.41, 5.74) is 1.21. The van der Waals surface area contributed by atoms with Crippen LogP contribution in [-0.2, 0) is 0 Å². The fourth-order valence-electron chi connectivity index (χ4n) is 2.93. The number of hydrogen-bond acceptors (Lipinski definition) is 5. The van der Waals surface area contributed by atoms with E-state index < -0.39 is 0 Å². The Bertz CT molecular complexity index is 812. The van der Waals surface area contributed by atoms with E-state index in [4.69, 9.17) is 9.97 Å². The summed E-state index contributed by atoms with van der Waals surface area (Å²) >= 11 is 1.65. The smallest absolute Gasteiger partial charge is 0.172 e. The van der Waals surface area contributed by atoms with Gasteiger partial charge in [0.1, 0.15) is 5.82 Å². The molecule has 5 heteroatoms. The molecular formula is C18H19N3OS. The lowest BCUT2D eigenvalue weighted by molar-refractivity contribution is 0.253. The van der Waals surface area contributed by atoms with E-state index in [9.17, 15) is 5.11 Å². The van der Waals surface area contributed by atoms with Crippen LogP contribution in [0.25, 0.3) is 21.6 Å². The molecule has 0 amide bonds. The molecule has 4 nitrogen and oxygen atoms in total. The number of fused-ring (bicyclic) bond motifs is 1. The second-order valence-corrected chi connectivity index (χ2v) is 7.17. The lowest BCUT2D eigenvalue weighted by Crippen LogP contribution is -2.17. The molecule has 3 aromatic rings. The van der Waals surface area contributed by atoms with Crippen LogP contribution in [0.1, 0.15) is 19.3 Å². The van der Waals surface area contributed by atoms with E-state index in [2.05, 4.69) is 11.4 Å². The highest BCUT2D eigenvalue weighted by atomic mass is 32.1. The van der Waals surface area contributed by atoms with Gasteiger partial charge in [-0.3, -0.25) is 0 Å². The summed E-state index contributed by atoms with van der Waals surface area (Å²) in [5, 5.41) is 15.8. The Morgan fingerprint density at radius 2 is 2.00 bits per heavy atom. The fourth-order valence-corrected chi connectivity index (χ4v) is 3.59. The molecule has 4 rings (SSSR count). The van der Waals surface area contributed by atoms with Crippen LogP contribution in [0.5, 0.6) is 0 Å². The summed E-state index contributed by atoms with van der Waals surface area (Å²) < 4.78 is 0. The normalized spacial score (nSPS) is 15.7. The van der Waals surface area contributed by atoms with Crippen LogP contribution in [0, 0.1) is 5.41 Å². The lowest BCUT2D eigenvalue weighted by atomic mass is 10.0. The second kappa shape index (κ2) is 5.91. The van der Waals surface area contributed by atoms with Gasteiger partial charge in [0.2, 0.25) is 0 Å². The molecule has 0 unspecified atom stereocenters. The number of benzene rings is 1. The third kappa shape index (κ3) is 2.94. The first kappa shape index (κ1) is 14.6. The van der Waals surface area contributed by atoms with Crippen molar-refractivity contribution in [2.24, 2.45) is 5.41 Å². The van der Waals surface area contributed by atoms with Crippen molar-refractivity contribution >= 4 is 28.1 Å². The zero-order valence-corrected chi connectivity index (χ0v) is 13.6. The molecule has 0 radical (unpaired) electrons. The van der Waals surface area contributed by atoms with Gasteiger partial charge < -0.3 is 10.4 Å². The van der Waals surface area contributed by atoms with E-state index in [0.717, 1.165) is 40.4 Å². The minimum absolute atomic E-state index is 0.254. The molecule has 0 bridgehead atoms. The average Bonchev–Trinajstić information content (AvgIpc) is 3.12. The van der Waals surface area contributed by atoms with Gasteiger partial charge in [-0.1, -0.05) is 18.2 Å². The molecule has 1 aliphatic rings. The van der Waals surface area contributed by atoms with Crippen molar-refractivity contribution in [2.45, 2.75) is 19.3 Å². The van der Waals surface area contributed by atoms with Crippen LogP contribution in [0.15, 0.2) is 41.8 Å². The number of anilines is 1. The van der Waals surface area contributed by atoms with Crippen LogP contribution in [0.2, 0.25) is 0 Å². The molecule has 1 aromatic carbocycles. The highest BCUT2D eigenvalue weighted by Gasteiger charge is 2.41. The lowest BCUT2D eigenvalue weighted by Gasteiger charge is -2.16. The minimum Gasteiger partial charge on any atom is -0.396 e. The third-order valence-corrected chi connectivity index (χ3v) is 5.44. The van der Waals surface area contributed by atoms with E-state index >= 15 is 0 Å². The van der Waals surface area contributed by atoms with Crippen molar-refractivity contribution in [3.63, 3.8) is 0 Å². The van der Waals surface area contributed by atoms with Crippen molar-refractivity contribution in [2.75, 3.05) is 18.5 Å². The molecule has 0 atom stereocenters. The molecule has 2 heterocycles. The number of aliphatic hydroxyl groups is 1. The number of nitrogens with one attached hydrogen (secondary N) is 1. The molecular weight excluding hydrogens is 306 g/mol. The Hall–Kier alpha value is -1.98. The Morgan fingerprint density at radius 3 is 2.74 bits per heavy atom. The molecule has 1 aliphatic carbocycles. The van der Waals surface area contributed by atoms with Crippen molar-refractivity contribution in [3.05, 3.63) is 41.8 Å². The number of aliphatic hydroxyl groups excluding tert-OH is 1. The molecule has 0 saturated heterocycles. The van der Waals surface area contributed by atoms with Crippen molar-refractivity contribution < 1.29 is 5.11 Å². The van der Waals surface area contributed by atoms with Crippen molar-refractivity contribution in [1.29, 1.82) is 0 Å². The van der Waals surface area contributed by atoms with Crippen molar-refractivity contribution in [3.8, 4) is 10.7 Å². The Balaban J connectivity index is 1.69. The van der Waals surface area contributed by atoms with Crippen LogP contribution < -0.4 is 5.32 Å². The third-order valence-electron chi connectivity index (χ3n) is 4.57. The Kier molecular flexibility index (Phi) is 3.75. The SMILES string of the molecule is OCCC1(CNc2nc(-c3cccs3)nc3ccccc23)CC1. The quantitative estimate of drug-likeness (QED) is 0.721. The first-order valence-electron chi connectivity index (χ1n) is 7.95. The number of rotatable bonds is 6. The monoisotopic (exact) mass is 325 g/mol. The second-order valence-electron chi connectivity index (χ2n) is 6.22. The fraction of sp³-hybridized carbons (Fsp3) is 0.333. The van der Waals surface area contributed by atoms with Gasteiger partial charge in [0.25, 0.3) is 0 Å². The Labute approximate surface area is 139 Å². The van der Waals surface area contributed by atoms with Gasteiger partial charge in [0, 0.05) is 18.5 Å². The number of aromatic nitrogens is 2. The highest BCUT2D eigenvalue weighted by Crippen LogP contribution is 2.48. The predicted molar refractivity (Wildman–Crippen MR) is 94.7 cm³/mol. The van der Waals surface area contributed by atoms with Gasteiger partial charge in [0.15, 0.2) is 5.82 Å². The summed E-state index contributed by atoms with van der Waals surface area (Å²) in [5.74, 6) is 1.66. The number of thiophene rings is 1. The molecule has 1 fully saturated rings. The van der Waals surface area contributed by atoms with Crippen LogP contribution in [-0.4, -0.2) is 28.2 Å². The number of hydrogen-bond donors (Lipinski definition) is 2. The highest BCUT2D eigenvalue weighted by molar-refractivity contribution is 7.13. The van der Waals surface area contributed by atoms with Gasteiger partial charge in [0.05, 0.1) is 10.4 Å². The van der Waals surface area contributed by atoms with Gasteiger partial charge in [-0.25, -0.2) is 9.97 Å². The maximum absolute atomic E-state index is 9.23. The van der Waals surface area contributed by atoms with E-state index in [1.165, 1.54) is 12.8 Å². The van der Waals surface area contributed by atoms with Gasteiger partial charge >= 0.3 is 0 Å². The van der Waals surface area contributed by atoms with E-state index in [1.54, 1.807) is 11.3 Å². The molecule has 1 saturated carbocycles. The minimum atomic E-state index is 0.254. The van der Waals surface area contributed by atoms with Crippen LogP contribution in [0.3, 0.4) is 0 Å². The van der Waals surface area contributed by atoms with Gasteiger partial charge in [-0.15, -0.1) is 11.3 Å². The summed E-state index contributed by atoms with van der Waals surface area (Å²) in [6.07, 6.45) is 3.23. The maximum atomic E-state index is 9.23. The first-order valence-corrected chi connectivity index (χ1v) is 8.83. The van der Waals surface area contributed by atoms with E-state index in [1.807, 2.05) is 35.7 Å².